The minimum absolute atomic E-state index is 0.0159. The number of hydrogen-bond donors (Lipinski definition) is 1. The molecular formula is C16H24N2O2. The molecule has 20 heavy (non-hydrogen) atoms. The van der Waals surface area contributed by atoms with E-state index < -0.39 is 0 Å². The molecule has 0 spiro atoms. The van der Waals surface area contributed by atoms with E-state index in [9.17, 15) is 10.1 Å². The number of hydrogen-bond acceptors (Lipinski definition) is 3. The molecule has 1 aliphatic carbocycles. The molecule has 110 valence electrons. The van der Waals surface area contributed by atoms with E-state index in [2.05, 4.69) is 12.2 Å². The van der Waals surface area contributed by atoms with Crippen LogP contribution in [0.1, 0.15) is 57.6 Å². The van der Waals surface area contributed by atoms with Gasteiger partial charge >= 0.3 is 0 Å². The summed E-state index contributed by atoms with van der Waals surface area (Å²) in [5, 5.41) is 14.7. The molecule has 1 aliphatic rings. The highest BCUT2D eigenvalue weighted by molar-refractivity contribution is 5.41. The van der Waals surface area contributed by atoms with E-state index in [-0.39, 0.29) is 16.7 Å². The zero-order chi connectivity index (χ0) is 14.5. The van der Waals surface area contributed by atoms with Crippen molar-refractivity contribution in [2.24, 2.45) is 5.92 Å². The fraction of sp³-hybridized carbons (Fsp3) is 0.625. The van der Waals surface area contributed by atoms with Gasteiger partial charge in [-0.1, -0.05) is 44.4 Å². The van der Waals surface area contributed by atoms with Gasteiger partial charge in [0, 0.05) is 23.7 Å². The largest absolute Gasteiger partial charge is 0.307 e. The first-order chi connectivity index (χ1) is 9.59. The van der Waals surface area contributed by atoms with Crippen LogP contribution in [0, 0.1) is 16.0 Å². The number of nitrogens with zero attached hydrogens (tertiary/aromatic N) is 1. The number of nitrogens with one attached hydrogen (secondary N) is 1. The van der Waals surface area contributed by atoms with Crippen LogP contribution in [0.4, 0.5) is 5.69 Å². The molecule has 0 amide bonds. The zero-order valence-corrected chi connectivity index (χ0v) is 12.3. The summed E-state index contributed by atoms with van der Waals surface area (Å²) < 4.78 is 0. The lowest BCUT2D eigenvalue weighted by Gasteiger charge is -2.27. The van der Waals surface area contributed by atoms with E-state index in [0.717, 1.165) is 5.56 Å². The molecule has 3 unspecified atom stereocenters. The first-order valence-corrected chi connectivity index (χ1v) is 7.59. The van der Waals surface area contributed by atoms with Gasteiger partial charge in [-0.15, -0.1) is 0 Å². The molecule has 1 aromatic carbocycles. The summed E-state index contributed by atoms with van der Waals surface area (Å²) in [6.45, 7) is 4.31. The Bertz CT molecular complexity index is 462. The van der Waals surface area contributed by atoms with Gasteiger partial charge in [-0.05, 0) is 25.7 Å². The molecule has 0 radical (unpaired) electrons. The lowest BCUT2D eigenvalue weighted by atomic mass is 9.95. The predicted molar refractivity (Wildman–Crippen MR) is 80.7 cm³/mol. The van der Waals surface area contributed by atoms with Gasteiger partial charge in [0.05, 0.1) is 4.92 Å². The summed E-state index contributed by atoms with van der Waals surface area (Å²) in [6, 6.07) is 7.52. The Hall–Kier alpha value is -1.42. The van der Waals surface area contributed by atoms with Crippen molar-refractivity contribution in [1.29, 1.82) is 0 Å². The summed E-state index contributed by atoms with van der Waals surface area (Å²) in [7, 11) is 0. The van der Waals surface area contributed by atoms with Crippen LogP contribution in [0.2, 0.25) is 0 Å². The monoisotopic (exact) mass is 276 g/mol. The Morgan fingerprint density at radius 1 is 1.25 bits per heavy atom. The van der Waals surface area contributed by atoms with Crippen LogP contribution < -0.4 is 5.32 Å². The smallest absolute Gasteiger partial charge is 0.274 e. The normalized spacial score (nSPS) is 24.9. The molecule has 3 atom stereocenters. The second kappa shape index (κ2) is 6.84. The minimum Gasteiger partial charge on any atom is -0.307 e. The number of rotatable bonds is 4. The Morgan fingerprint density at radius 2 is 1.95 bits per heavy atom. The van der Waals surface area contributed by atoms with Crippen LogP contribution in [-0.4, -0.2) is 11.0 Å². The van der Waals surface area contributed by atoms with Gasteiger partial charge in [0.25, 0.3) is 5.69 Å². The molecule has 4 nitrogen and oxygen atoms in total. The molecule has 1 fully saturated rings. The topological polar surface area (TPSA) is 55.2 Å². The van der Waals surface area contributed by atoms with E-state index in [1.165, 1.54) is 32.1 Å². The summed E-state index contributed by atoms with van der Waals surface area (Å²) in [6.07, 6.45) is 6.29. The summed E-state index contributed by atoms with van der Waals surface area (Å²) >= 11 is 0. The van der Waals surface area contributed by atoms with Crippen molar-refractivity contribution in [3.8, 4) is 0 Å². The minimum atomic E-state index is -0.288. The van der Waals surface area contributed by atoms with Gasteiger partial charge in [-0.25, -0.2) is 0 Å². The molecule has 0 aliphatic heterocycles. The van der Waals surface area contributed by atoms with Crippen molar-refractivity contribution >= 4 is 5.69 Å². The maximum atomic E-state index is 11.1. The van der Waals surface area contributed by atoms with Crippen molar-refractivity contribution in [1.82, 2.24) is 5.32 Å². The highest BCUT2D eigenvalue weighted by Gasteiger charge is 2.24. The van der Waals surface area contributed by atoms with E-state index >= 15 is 0 Å². The fourth-order valence-corrected chi connectivity index (χ4v) is 3.17. The third-order valence-electron chi connectivity index (χ3n) is 4.43. The molecule has 2 rings (SSSR count). The summed E-state index contributed by atoms with van der Waals surface area (Å²) in [5.41, 5.74) is 1.00. The molecule has 0 saturated heterocycles. The summed E-state index contributed by atoms with van der Waals surface area (Å²) in [4.78, 5) is 10.8. The van der Waals surface area contributed by atoms with E-state index in [0.29, 0.717) is 12.0 Å². The molecular weight excluding hydrogens is 252 g/mol. The van der Waals surface area contributed by atoms with Gasteiger partial charge < -0.3 is 5.32 Å². The Kier molecular flexibility index (Phi) is 5.12. The van der Waals surface area contributed by atoms with Crippen LogP contribution >= 0.6 is 0 Å². The van der Waals surface area contributed by atoms with E-state index in [1.54, 1.807) is 12.1 Å². The number of nitro groups is 1. The van der Waals surface area contributed by atoms with Crippen LogP contribution in [0.25, 0.3) is 0 Å². The SMILES string of the molecule is CC(NC1CCCCCC1C)c1ccccc1[N+](=O)[O-]. The first-order valence-electron chi connectivity index (χ1n) is 7.59. The van der Waals surface area contributed by atoms with Gasteiger partial charge in [0.1, 0.15) is 0 Å². The highest BCUT2D eigenvalue weighted by atomic mass is 16.6. The van der Waals surface area contributed by atoms with Crippen molar-refractivity contribution < 1.29 is 4.92 Å². The van der Waals surface area contributed by atoms with Crippen LogP contribution in [0.15, 0.2) is 24.3 Å². The average Bonchev–Trinajstić information content (AvgIpc) is 2.64. The maximum Gasteiger partial charge on any atom is 0.274 e. The molecule has 4 heteroatoms. The van der Waals surface area contributed by atoms with Gasteiger partial charge in [-0.2, -0.15) is 0 Å². The summed E-state index contributed by atoms with van der Waals surface area (Å²) in [5.74, 6) is 0.641. The number of benzene rings is 1. The van der Waals surface area contributed by atoms with E-state index in [4.69, 9.17) is 0 Å². The lowest BCUT2D eigenvalue weighted by Crippen LogP contribution is -2.36. The number of para-hydroxylation sites is 1. The molecule has 0 bridgehead atoms. The maximum absolute atomic E-state index is 11.1. The Balaban J connectivity index is 2.11. The lowest BCUT2D eigenvalue weighted by molar-refractivity contribution is -0.385. The van der Waals surface area contributed by atoms with Gasteiger partial charge in [-0.3, -0.25) is 10.1 Å². The molecule has 1 saturated carbocycles. The second-order valence-corrected chi connectivity index (χ2v) is 5.93. The van der Waals surface area contributed by atoms with Crippen LogP contribution in [-0.2, 0) is 0 Å². The molecule has 1 N–H and O–H groups in total. The fourth-order valence-electron chi connectivity index (χ4n) is 3.17. The van der Waals surface area contributed by atoms with Crippen LogP contribution in [0.3, 0.4) is 0 Å². The molecule has 0 aromatic heterocycles. The first kappa shape index (κ1) is 15.0. The quantitative estimate of drug-likeness (QED) is 0.509. The standard InChI is InChI=1S/C16H24N2O2/c1-12-8-4-3-5-10-15(12)17-13(2)14-9-6-7-11-16(14)18(19)20/h6-7,9,11-13,15,17H,3-5,8,10H2,1-2H3. The van der Waals surface area contributed by atoms with Crippen molar-refractivity contribution in [2.45, 2.75) is 58.0 Å². The van der Waals surface area contributed by atoms with Crippen molar-refractivity contribution in [3.05, 3.63) is 39.9 Å². The Morgan fingerprint density at radius 3 is 2.70 bits per heavy atom. The predicted octanol–water partition coefficient (Wildman–Crippen LogP) is 4.21. The third kappa shape index (κ3) is 3.57. The number of nitro benzene ring substituents is 1. The third-order valence-corrected chi connectivity index (χ3v) is 4.43. The highest BCUT2D eigenvalue weighted by Crippen LogP contribution is 2.28. The van der Waals surface area contributed by atoms with Crippen molar-refractivity contribution in [3.63, 3.8) is 0 Å². The molecule has 1 aromatic rings. The van der Waals surface area contributed by atoms with Gasteiger partial charge in [0.2, 0.25) is 0 Å². The van der Waals surface area contributed by atoms with Gasteiger partial charge in [0.15, 0.2) is 0 Å². The second-order valence-electron chi connectivity index (χ2n) is 5.93. The van der Waals surface area contributed by atoms with Crippen molar-refractivity contribution in [2.75, 3.05) is 0 Å². The zero-order valence-electron chi connectivity index (χ0n) is 12.3. The molecule has 0 heterocycles. The Labute approximate surface area is 120 Å². The van der Waals surface area contributed by atoms with Crippen LogP contribution in [0.5, 0.6) is 0 Å². The van der Waals surface area contributed by atoms with E-state index in [1.807, 2.05) is 19.1 Å². The average molecular weight is 276 g/mol.